The SMILES string of the molecule is Cc1cc(-n2c(-c3csc4cc5cc6ccccc6cc5cc34)nc3ccccc32)cc(C)c1-c1ccccc1. The summed E-state index contributed by atoms with van der Waals surface area (Å²) < 4.78 is 3.62. The van der Waals surface area contributed by atoms with E-state index >= 15 is 0 Å². The number of thiophene rings is 1. The predicted octanol–water partition coefficient (Wildman–Crippen LogP) is 10.5. The number of rotatable bonds is 3. The Morgan fingerprint density at radius 1 is 0.625 bits per heavy atom. The number of imidazole rings is 1. The van der Waals surface area contributed by atoms with Gasteiger partial charge in [-0.05, 0) is 106 Å². The van der Waals surface area contributed by atoms with E-state index < -0.39 is 0 Å². The highest BCUT2D eigenvalue weighted by Crippen LogP contribution is 2.40. The third kappa shape index (κ3) is 3.59. The zero-order valence-electron chi connectivity index (χ0n) is 22.3. The van der Waals surface area contributed by atoms with E-state index in [2.05, 4.69) is 139 Å². The number of fused-ring (bicyclic) bond motifs is 4. The molecule has 0 atom stereocenters. The highest BCUT2D eigenvalue weighted by molar-refractivity contribution is 7.17. The van der Waals surface area contributed by atoms with Crippen LogP contribution in [0, 0.1) is 13.8 Å². The predicted molar refractivity (Wildman–Crippen MR) is 172 cm³/mol. The number of benzene rings is 6. The first-order valence-electron chi connectivity index (χ1n) is 13.6. The molecule has 0 amide bonds. The van der Waals surface area contributed by atoms with E-state index in [0.29, 0.717) is 0 Å². The summed E-state index contributed by atoms with van der Waals surface area (Å²) in [4.78, 5) is 5.22. The van der Waals surface area contributed by atoms with Gasteiger partial charge in [0, 0.05) is 26.7 Å². The Kier molecular flexibility index (Phi) is 5.16. The van der Waals surface area contributed by atoms with Crippen LogP contribution in [0.2, 0.25) is 0 Å². The van der Waals surface area contributed by atoms with Crippen LogP contribution in [-0.2, 0) is 0 Å². The number of hydrogen-bond acceptors (Lipinski definition) is 2. The maximum absolute atomic E-state index is 5.22. The van der Waals surface area contributed by atoms with Gasteiger partial charge in [0.05, 0.1) is 11.0 Å². The van der Waals surface area contributed by atoms with Gasteiger partial charge in [0.2, 0.25) is 0 Å². The van der Waals surface area contributed by atoms with Crippen molar-refractivity contribution < 1.29 is 0 Å². The Bertz CT molecular complexity index is 2210. The van der Waals surface area contributed by atoms with Crippen LogP contribution >= 0.6 is 11.3 Å². The maximum atomic E-state index is 5.22. The Morgan fingerprint density at radius 2 is 1.27 bits per heavy atom. The Morgan fingerprint density at radius 3 is 2.02 bits per heavy atom. The molecule has 8 rings (SSSR count). The molecule has 0 aliphatic heterocycles. The summed E-state index contributed by atoms with van der Waals surface area (Å²) in [6.45, 7) is 4.43. The van der Waals surface area contributed by atoms with Gasteiger partial charge in [-0.25, -0.2) is 4.98 Å². The number of para-hydroxylation sites is 2. The summed E-state index contributed by atoms with van der Waals surface area (Å²) in [5, 5.41) is 8.60. The van der Waals surface area contributed by atoms with Gasteiger partial charge < -0.3 is 0 Å². The zero-order chi connectivity index (χ0) is 26.8. The Balaban J connectivity index is 1.37. The molecule has 0 radical (unpaired) electrons. The lowest BCUT2D eigenvalue weighted by Gasteiger charge is -2.16. The van der Waals surface area contributed by atoms with Gasteiger partial charge in [0.1, 0.15) is 5.82 Å². The fraction of sp³-hybridized carbons (Fsp3) is 0.0541. The van der Waals surface area contributed by atoms with E-state index in [9.17, 15) is 0 Å². The van der Waals surface area contributed by atoms with Crippen molar-refractivity contribution in [3.63, 3.8) is 0 Å². The van der Waals surface area contributed by atoms with E-state index in [1.807, 2.05) is 0 Å². The summed E-state index contributed by atoms with van der Waals surface area (Å²) in [6, 6.07) is 41.7. The standard InChI is InChI=1S/C37H26N2S/c1-23-16-30(17-24(2)36(23)25-10-4-3-5-11-25)39-34-15-9-8-14-33(34)38-37(39)32-22-40-35-21-29-19-27-13-7-6-12-26(27)18-28(29)20-31(32)35/h3-22H,1-2H3. The molecule has 0 bridgehead atoms. The van der Waals surface area contributed by atoms with E-state index in [0.717, 1.165) is 22.5 Å². The molecule has 0 N–H and O–H groups in total. The van der Waals surface area contributed by atoms with Crippen molar-refractivity contribution in [1.29, 1.82) is 0 Å². The number of aromatic nitrogens is 2. The second-order valence-electron chi connectivity index (χ2n) is 10.6. The smallest absolute Gasteiger partial charge is 0.147 e. The van der Waals surface area contributed by atoms with Crippen molar-refractivity contribution in [2.24, 2.45) is 0 Å². The summed E-state index contributed by atoms with van der Waals surface area (Å²) in [7, 11) is 0. The fourth-order valence-electron chi connectivity index (χ4n) is 6.24. The van der Waals surface area contributed by atoms with Crippen LogP contribution in [0.4, 0.5) is 0 Å². The highest BCUT2D eigenvalue weighted by Gasteiger charge is 2.19. The molecule has 8 aromatic rings. The monoisotopic (exact) mass is 530 g/mol. The van der Waals surface area contributed by atoms with Crippen molar-refractivity contribution in [3.8, 4) is 28.2 Å². The van der Waals surface area contributed by atoms with Crippen LogP contribution in [0.1, 0.15) is 11.1 Å². The van der Waals surface area contributed by atoms with E-state index in [4.69, 9.17) is 4.98 Å². The van der Waals surface area contributed by atoms with Crippen LogP contribution in [0.5, 0.6) is 0 Å². The van der Waals surface area contributed by atoms with E-state index in [1.54, 1.807) is 11.3 Å². The molecule has 40 heavy (non-hydrogen) atoms. The van der Waals surface area contributed by atoms with Crippen molar-refractivity contribution >= 4 is 54.0 Å². The molecule has 0 saturated heterocycles. The zero-order valence-corrected chi connectivity index (χ0v) is 23.2. The molecular formula is C37H26N2S. The molecule has 3 heteroatoms. The maximum Gasteiger partial charge on any atom is 0.147 e. The molecule has 2 nitrogen and oxygen atoms in total. The molecule has 0 saturated carbocycles. The Hall–Kier alpha value is -4.73. The molecule has 0 fully saturated rings. The minimum atomic E-state index is 0.985. The van der Waals surface area contributed by atoms with Crippen molar-refractivity contribution in [1.82, 2.24) is 9.55 Å². The molecule has 0 spiro atoms. The van der Waals surface area contributed by atoms with Gasteiger partial charge >= 0.3 is 0 Å². The van der Waals surface area contributed by atoms with Crippen LogP contribution in [0.15, 0.2) is 121 Å². The van der Waals surface area contributed by atoms with Gasteiger partial charge in [-0.2, -0.15) is 0 Å². The topological polar surface area (TPSA) is 17.8 Å². The van der Waals surface area contributed by atoms with Crippen LogP contribution in [0.25, 0.3) is 70.9 Å². The van der Waals surface area contributed by atoms with Crippen LogP contribution < -0.4 is 0 Å². The largest absolute Gasteiger partial charge is 0.292 e. The van der Waals surface area contributed by atoms with Crippen LogP contribution in [0.3, 0.4) is 0 Å². The number of nitrogens with zero attached hydrogens (tertiary/aromatic N) is 2. The molecule has 0 aliphatic rings. The molecular weight excluding hydrogens is 504 g/mol. The van der Waals surface area contributed by atoms with Crippen molar-refractivity contribution in [2.75, 3.05) is 0 Å². The summed E-state index contributed by atoms with van der Waals surface area (Å²) in [6.07, 6.45) is 0. The molecule has 0 unspecified atom stereocenters. The highest BCUT2D eigenvalue weighted by atomic mass is 32.1. The third-order valence-corrected chi connectivity index (χ3v) is 8.98. The summed E-state index contributed by atoms with van der Waals surface area (Å²) in [5.74, 6) is 0.985. The first-order valence-corrected chi connectivity index (χ1v) is 14.5. The van der Waals surface area contributed by atoms with E-state index in [1.165, 1.54) is 59.4 Å². The van der Waals surface area contributed by atoms with Gasteiger partial charge in [-0.1, -0.05) is 66.7 Å². The van der Waals surface area contributed by atoms with Gasteiger partial charge in [0.15, 0.2) is 0 Å². The van der Waals surface area contributed by atoms with Gasteiger partial charge in [-0.15, -0.1) is 11.3 Å². The first kappa shape index (κ1) is 23.2. The Labute approximate surface area is 236 Å². The second kappa shape index (κ2) is 8.90. The molecule has 190 valence electrons. The van der Waals surface area contributed by atoms with Crippen molar-refractivity contribution in [2.45, 2.75) is 13.8 Å². The minimum absolute atomic E-state index is 0.985. The summed E-state index contributed by atoms with van der Waals surface area (Å²) >= 11 is 1.80. The minimum Gasteiger partial charge on any atom is -0.292 e. The molecule has 0 aliphatic carbocycles. The summed E-state index contributed by atoms with van der Waals surface area (Å²) in [5.41, 5.74) is 9.52. The van der Waals surface area contributed by atoms with Gasteiger partial charge in [-0.3, -0.25) is 4.57 Å². The first-order chi connectivity index (χ1) is 19.6. The molecule has 2 heterocycles. The average molecular weight is 531 g/mol. The molecule has 6 aromatic carbocycles. The van der Waals surface area contributed by atoms with Gasteiger partial charge in [0.25, 0.3) is 0 Å². The number of aryl methyl sites for hydroxylation is 2. The lowest BCUT2D eigenvalue weighted by atomic mass is 9.95. The lowest BCUT2D eigenvalue weighted by Crippen LogP contribution is -2.00. The van der Waals surface area contributed by atoms with Crippen LogP contribution in [-0.4, -0.2) is 9.55 Å². The quantitative estimate of drug-likeness (QED) is 0.208. The van der Waals surface area contributed by atoms with E-state index in [-0.39, 0.29) is 0 Å². The normalized spacial score (nSPS) is 11.8. The average Bonchev–Trinajstić information content (AvgIpc) is 3.56. The fourth-order valence-corrected chi connectivity index (χ4v) is 7.20. The lowest BCUT2D eigenvalue weighted by molar-refractivity contribution is 1.10. The second-order valence-corrected chi connectivity index (χ2v) is 11.5. The number of hydrogen-bond donors (Lipinski definition) is 0. The molecule has 2 aromatic heterocycles. The van der Waals surface area contributed by atoms with Crippen molar-refractivity contribution in [3.05, 3.63) is 132 Å². The third-order valence-electron chi connectivity index (χ3n) is 8.04.